The summed E-state index contributed by atoms with van der Waals surface area (Å²) in [6, 6.07) is 13.9. The predicted molar refractivity (Wildman–Crippen MR) is 115 cm³/mol. The average Bonchev–Trinajstić information content (AvgIpc) is 3.04. The number of hydrogen-bond donors (Lipinski definition) is 1. The van der Waals surface area contributed by atoms with Crippen molar-refractivity contribution in [3.63, 3.8) is 0 Å². The van der Waals surface area contributed by atoms with Gasteiger partial charge in [0.1, 0.15) is 5.82 Å². The lowest BCUT2D eigenvalue weighted by molar-refractivity contribution is 0.0959. The van der Waals surface area contributed by atoms with E-state index in [9.17, 15) is 13.6 Å². The van der Waals surface area contributed by atoms with Crippen molar-refractivity contribution in [2.75, 3.05) is 18.0 Å². The highest BCUT2D eigenvalue weighted by atomic mass is 35.5. The molecular weight excluding hydrogens is 420 g/mol. The van der Waals surface area contributed by atoms with Crippen LogP contribution in [0, 0.1) is 11.8 Å². The number of aromatic nitrogens is 1. The van der Waals surface area contributed by atoms with E-state index in [1.54, 1.807) is 29.2 Å². The van der Waals surface area contributed by atoms with Crippen LogP contribution in [0.3, 0.4) is 0 Å². The van der Waals surface area contributed by atoms with Gasteiger partial charge in [-0.2, -0.15) is 4.39 Å². The van der Waals surface area contributed by atoms with Crippen LogP contribution in [0.15, 0.2) is 60.8 Å². The number of benzene rings is 2. The predicted octanol–water partition coefficient (Wildman–Crippen LogP) is 5.04. The number of halogens is 3. The molecule has 1 aromatic heterocycles. The van der Waals surface area contributed by atoms with Crippen LogP contribution in [0.25, 0.3) is 0 Å². The molecule has 0 radical (unpaired) electrons. The van der Waals surface area contributed by atoms with Crippen molar-refractivity contribution in [3.8, 4) is 0 Å². The van der Waals surface area contributed by atoms with Crippen LogP contribution in [0.2, 0.25) is 5.02 Å². The summed E-state index contributed by atoms with van der Waals surface area (Å²) in [4.78, 5) is 19.2. The van der Waals surface area contributed by atoms with E-state index in [0.29, 0.717) is 16.3 Å². The van der Waals surface area contributed by atoms with Gasteiger partial charge in [-0.3, -0.25) is 9.69 Å². The minimum Gasteiger partial charge on any atom is -0.317 e. The number of carbonyl (C=O) groups is 1. The molecule has 1 fully saturated rings. The third-order valence-corrected chi connectivity index (χ3v) is 6.66. The number of nitrogens with zero attached hydrogens (tertiary/aromatic N) is 2. The Hall–Kier alpha value is -2.83. The van der Waals surface area contributed by atoms with Crippen LogP contribution in [-0.2, 0) is 5.41 Å². The van der Waals surface area contributed by atoms with Crippen molar-refractivity contribution in [2.45, 2.75) is 24.3 Å². The van der Waals surface area contributed by atoms with E-state index in [0.717, 1.165) is 31.5 Å². The highest BCUT2D eigenvalue weighted by Crippen LogP contribution is 2.58. The van der Waals surface area contributed by atoms with Gasteiger partial charge < -0.3 is 5.32 Å². The van der Waals surface area contributed by atoms with E-state index in [1.807, 2.05) is 12.1 Å². The van der Waals surface area contributed by atoms with Crippen molar-refractivity contribution in [3.05, 3.63) is 94.3 Å². The lowest BCUT2D eigenvalue weighted by atomic mass is 9.68. The first kappa shape index (κ1) is 20.1. The lowest BCUT2D eigenvalue weighted by Crippen LogP contribution is -2.47. The van der Waals surface area contributed by atoms with Crippen molar-refractivity contribution < 1.29 is 13.6 Å². The SMILES string of the molecule is O=C(c1ccccc1F)N1c2ccc(Cl)cc2C2(CCNCC2)[C@@H]1c1ccc(F)nc1. The van der Waals surface area contributed by atoms with E-state index < -0.39 is 29.1 Å². The lowest BCUT2D eigenvalue weighted by Gasteiger charge is -2.42. The standard InChI is InChI=1S/C24H20ClF2N3O/c25-16-6-7-20-18(13-16)24(9-11-28-12-10-24)22(15-5-8-21(27)29-14-15)30(20)23(31)17-3-1-2-4-19(17)26/h1-8,13-14,22,28H,9-12H2/t22-/m0/s1. The van der Waals surface area contributed by atoms with Crippen LogP contribution in [0.5, 0.6) is 0 Å². The molecule has 2 aliphatic heterocycles. The molecule has 1 spiro atoms. The Morgan fingerprint density at radius 2 is 1.87 bits per heavy atom. The molecule has 1 atom stereocenters. The van der Waals surface area contributed by atoms with Gasteiger partial charge in [-0.25, -0.2) is 9.37 Å². The summed E-state index contributed by atoms with van der Waals surface area (Å²) < 4.78 is 28.2. The monoisotopic (exact) mass is 439 g/mol. The molecule has 0 bridgehead atoms. The molecule has 31 heavy (non-hydrogen) atoms. The van der Waals surface area contributed by atoms with Gasteiger partial charge in [0.2, 0.25) is 5.95 Å². The van der Waals surface area contributed by atoms with Gasteiger partial charge in [0.05, 0.1) is 11.6 Å². The highest BCUT2D eigenvalue weighted by molar-refractivity contribution is 6.30. The molecule has 1 saturated heterocycles. The second kappa shape index (κ2) is 7.70. The third-order valence-electron chi connectivity index (χ3n) is 6.42. The van der Waals surface area contributed by atoms with E-state index >= 15 is 0 Å². The zero-order valence-electron chi connectivity index (χ0n) is 16.6. The van der Waals surface area contributed by atoms with E-state index in [-0.39, 0.29) is 5.56 Å². The molecule has 3 heterocycles. The third kappa shape index (κ3) is 3.22. The number of fused-ring (bicyclic) bond motifs is 2. The topological polar surface area (TPSA) is 45.2 Å². The summed E-state index contributed by atoms with van der Waals surface area (Å²) in [6.07, 6.45) is 2.98. The van der Waals surface area contributed by atoms with Crippen molar-refractivity contribution in [2.24, 2.45) is 0 Å². The quantitative estimate of drug-likeness (QED) is 0.569. The van der Waals surface area contributed by atoms with Gasteiger partial charge in [0, 0.05) is 22.3 Å². The van der Waals surface area contributed by atoms with Gasteiger partial charge in [0.15, 0.2) is 0 Å². The Balaban J connectivity index is 1.75. The smallest absolute Gasteiger partial charge is 0.261 e. The zero-order valence-corrected chi connectivity index (χ0v) is 17.4. The maximum absolute atomic E-state index is 14.6. The van der Waals surface area contributed by atoms with Crippen molar-refractivity contribution in [1.29, 1.82) is 0 Å². The molecule has 7 heteroatoms. The molecule has 5 rings (SSSR count). The highest BCUT2D eigenvalue weighted by Gasteiger charge is 2.54. The van der Waals surface area contributed by atoms with Gasteiger partial charge in [0.25, 0.3) is 5.91 Å². The minimum absolute atomic E-state index is 0.00513. The Labute approximate surface area is 183 Å². The summed E-state index contributed by atoms with van der Waals surface area (Å²) in [7, 11) is 0. The molecule has 0 saturated carbocycles. The Kier molecular flexibility index (Phi) is 4.99. The fourth-order valence-electron chi connectivity index (χ4n) is 5.07. The molecule has 2 aliphatic rings. The Morgan fingerprint density at radius 3 is 2.58 bits per heavy atom. The summed E-state index contributed by atoms with van der Waals surface area (Å²) in [5, 5.41) is 3.95. The number of anilines is 1. The van der Waals surface area contributed by atoms with Gasteiger partial charge >= 0.3 is 0 Å². The summed E-state index contributed by atoms with van der Waals surface area (Å²) in [6.45, 7) is 1.53. The Bertz CT molecular complexity index is 1150. The molecule has 3 aromatic rings. The Morgan fingerprint density at radius 1 is 1.10 bits per heavy atom. The fraction of sp³-hybridized carbons (Fsp3) is 0.250. The number of carbonyl (C=O) groups excluding carboxylic acids is 1. The molecule has 2 aromatic carbocycles. The number of nitrogens with one attached hydrogen (secondary N) is 1. The van der Waals surface area contributed by atoms with Crippen molar-refractivity contribution >= 4 is 23.2 Å². The van der Waals surface area contributed by atoms with Crippen molar-refractivity contribution in [1.82, 2.24) is 10.3 Å². The molecule has 158 valence electrons. The fourth-order valence-corrected chi connectivity index (χ4v) is 5.25. The first-order valence-corrected chi connectivity index (χ1v) is 10.6. The summed E-state index contributed by atoms with van der Waals surface area (Å²) >= 11 is 6.37. The van der Waals surface area contributed by atoms with Crippen LogP contribution in [-0.4, -0.2) is 24.0 Å². The largest absolute Gasteiger partial charge is 0.317 e. The molecule has 4 nitrogen and oxygen atoms in total. The van der Waals surface area contributed by atoms with E-state index in [2.05, 4.69) is 10.3 Å². The summed E-state index contributed by atoms with van der Waals surface area (Å²) in [5.41, 5.74) is 1.93. The van der Waals surface area contributed by atoms with Crippen LogP contribution in [0.1, 0.15) is 40.4 Å². The average molecular weight is 440 g/mol. The zero-order chi connectivity index (χ0) is 21.6. The van der Waals surface area contributed by atoms with E-state index in [1.165, 1.54) is 24.4 Å². The first-order valence-electron chi connectivity index (χ1n) is 10.2. The van der Waals surface area contributed by atoms with Gasteiger partial charge in [-0.05, 0) is 73.5 Å². The van der Waals surface area contributed by atoms with Crippen LogP contribution >= 0.6 is 11.6 Å². The van der Waals surface area contributed by atoms with Gasteiger partial charge in [-0.1, -0.05) is 29.8 Å². The number of piperidine rings is 1. The van der Waals surface area contributed by atoms with E-state index in [4.69, 9.17) is 11.6 Å². The minimum atomic E-state index is -0.589. The van der Waals surface area contributed by atoms with Gasteiger partial charge in [-0.15, -0.1) is 0 Å². The molecule has 1 N–H and O–H groups in total. The molecule has 0 unspecified atom stereocenters. The van der Waals surface area contributed by atoms with Crippen LogP contribution in [0.4, 0.5) is 14.5 Å². The molecular formula is C24H20ClF2N3O. The summed E-state index contributed by atoms with van der Waals surface area (Å²) in [5.74, 6) is -1.61. The van der Waals surface area contributed by atoms with Crippen LogP contribution < -0.4 is 10.2 Å². The number of pyridine rings is 1. The second-order valence-corrected chi connectivity index (χ2v) is 8.48. The number of hydrogen-bond acceptors (Lipinski definition) is 3. The molecule has 1 amide bonds. The molecule has 0 aliphatic carbocycles. The second-order valence-electron chi connectivity index (χ2n) is 8.04. The first-order chi connectivity index (χ1) is 15.0. The normalized spacial score (nSPS) is 19.5. The maximum Gasteiger partial charge on any atom is 0.261 e. The number of amides is 1. The maximum atomic E-state index is 14.6. The number of rotatable bonds is 2.